The lowest BCUT2D eigenvalue weighted by molar-refractivity contribution is -0.121. The third kappa shape index (κ3) is 4.96. The molecule has 0 bridgehead atoms. The monoisotopic (exact) mass is 423 g/mol. The van der Waals surface area contributed by atoms with Crippen LogP contribution < -0.4 is 10.2 Å². The molecule has 1 N–H and O–H groups in total. The first-order chi connectivity index (χ1) is 15.0. The normalized spacial score (nSPS) is 18.1. The lowest BCUT2D eigenvalue weighted by Gasteiger charge is -2.19. The largest absolute Gasteiger partial charge is 0.445 e. The highest BCUT2D eigenvalue weighted by Gasteiger charge is 2.33. The Morgan fingerprint density at radius 3 is 2.58 bits per heavy atom. The fourth-order valence-electron chi connectivity index (χ4n) is 3.85. The third-order valence-electron chi connectivity index (χ3n) is 5.44. The van der Waals surface area contributed by atoms with E-state index < -0.39 is 12.3 Å². The second kappa shape index (κ2) is 9.07. The highest BCUT2D eigenvalue weighted by atomic mass is 16.6. The van der Waals surface area contributed by atoms with Gasteiger partial charge in [-0.1, -0.05) is 36.4 Å². The number of benzene rings is 2. The van der Waals surface area contributed by atoms with Crippen molar-refractivity contribution in [3.8, 4) is 0 Å². The molecule has 0 aromatic heterocycles. The second-order valence-corrected chi connectivity index (χ2v) is 7.66. The zero-order valence-corrected chi connectivity index (χ0v) is 17.4. The number of carbonyl (C=O) groups excluding carboxylic acids is 3. The molecule has 1 atom stereocenters. The van der Waals surface area contributed by atoms with Gasteiger partial charge in [0, 0.05) is 25.7 Å². The molecule has 0 spiro atoms. The van der Waals surface area contributed by atoms with Gasteiger partial charge in [-0.2, -0.15) is 0 Å². The van der Waals surface area contributed by atoms with Crippen LogP contribution in [0.5, 0.6) is 0 Å². The van der Waals surface area contributed by atoms with Crippen LogP contribution in [0.2, 0.25) is 0 Å². The van der Waals surface area contributed by atoms with Gasteiger partial charge in [-0.25, -0.2) is 9.59 Å². The van der Waals surface area contributed by atoms with Crippen molar-refractivity contribution >= 4 is 23.8 Å². The van der Waals surface area contributed by atoms with E-state index in [9.17, 15) is 14.4 Å². The summed E-state index contributed by atoms with van der Waals surface area (Å²) in [5, 5.41) is 2.60. The van der Waals surface area contributed by atoms with Crippen molar-refractivity contribution < 1.29 is 23.9 Å². The molecule has 1 unspecified atom stereocenters. The van der Waals surface area contributed by atoms with E-state index in [0.29, 0.717) is 19.5 Å². The van der Waals surface area contributed by atoms with Gasteiger partial charge in [0.2, 0.25) is 5.91 Å². The number of carbonyl (C=O) groups is 3. The van der Waals surface area contributed by atoms with Gasteiger partial charge in [0.05, 0.1) is 6.54 Å². The van der Waals surface area contributed by atoms with Crippen LogP contribution in [0.4, 0.5) is 15.3 Å². The molecule has 2 heterocycles. The van der Waals surface area contributed by atoms with Gasteiger partial charge in [-0.05, 0) is 41.7 Å². The molecular weight excluding hydrogens is 398 g/mol. The maximum Gasteiger partial charge on any atom is 0.416 e. The minimum Gasteiger partial charge on any atom is -0.445 e. The first-order valence-electron chi connectivity index (χ1n) is 10.3. The van der Waals surface area contributed by atoms with E-state index in [1.165, 1.54) is 11.8 Å². The number of amides is 3. The molecule has 0 saturated carbocycles. The summed E-state index contributed by atoms with van der Waals surface area (Å²) in [4.78, 5) is 39.2. The lowest BCUT2D eigenvalue weighted by atomic mass is 10.0. The predicted molar refractivity (Wildman–Crippen MR) is 113 cm³/mol. The summed E-state index contributed by atoms with van der Waals surface area (Å²) in [6.07, 6.45) is -0.0772. The minimum absolute atomic E-state index is 0.249. The molecule has 3 amide bonds. The van der Waals surface area contributed by atoms with Gasteiger partial charge >= 0.3 is 12.2 Å². The number of rotatable bonds is 4. The van der Waals surface area contributed by atoms with Crippen molar-refractivity contribution in [2.45, 2.75) is 32.6 Å². The Balaban J connectivity index is 1.38. The molecule has 1 saturated heterocycles. The number of nitrogens with one attached hydrogen (secondary N) is 1. The standard InChI is InChI=1S/C23H25N3O5/c1-16(27)24-21-14-26(23(29)31-21)20-8-7-18-9-11-25(12-10-19(18)13-20)22(28)30-15-17-5-3-2-4-6-17/h2-8,13,21H,9-12,14-15H2,1H3,(H,24,27). The molecule has 8 nitrogen and oxygen atoms in total. The summed E-state index contributed by atoms with van der Waals surface area (Å²) in [7, 11) is 0. The average molecular weight is 423 g/mol. The van der Waals surface area contributed by atoms with Gasteiger partial charge in [0.1, 0.15) is 6.61 Å². The van der Waals surface area contributed by atoms with Crippen LogP contribution in [0, 0.1) is 0 Å². The average Bonchev–Trinajstić information content (AvgIpc) is 2.99. The molecule has 0 aliphatic carbocycles. The predicted octanol–water partition coefficient (Wildman–Crippen LogP) is 2.84. The Labute approximate surface area is 180 Å². The molecule has 31 heavy (non-hydrogen) atoms. The number of nitrogens with zero attached hydrogens (tertiary/aromatic N) is 2. The summed E-state index contributed by atoms with van der Waals surface area (Å²) in [6.45, 7) is 3.02. The molecule has 1 fully saturated rings. The van der Waals surface area contributed by atoms with E-state index in [1.807, 2.05) is 48.5 Å². The van der Waals surface area contributed by atoms with Crippen molar-refractivity contribution in [3.63, 3.8) is 0 Å². The lowest BCUT2D eigenvalue weighted by Crippen LogP contribution is -2.36. The van der Waals surface area contributed by atoms with Crippen LogP contribution in [-0.2, 0) is 33.7 Å². The summed E-state index contributed by atoms with van der Waals surface area (Å²) in [5.74, 6) is -0.249. The number of hydrogen-bond donors (Lipinski definition) is 1. The molecule has 2 aromatic rings. The van der Waals surface area contributed by atoms with Gasteiger partial charge in [-0.3, -0.25) is 9.69 Å². The topological polar surface area (TPSA) is 88.2 Å². The van der Waals surface area contributed by atoms with Crippen LogP contribution in [0.1, 0.15) is 23.6 Å². The smallest absolute Gasteiger partial charge is 0.416 e. The Kier molecular flexibility index (Phi) is 6.06. The Morgan fingerprint density at radius 1 is 1.10 bits per heavy atom. The van der Waals surface area contributed by atoms with Gasteiger partial charge < -0.3 is 19.7 Å². The van der Waals surface area contributed by atoms with Crippen LogP contribution in [-0.4, -0.2) is 48.9 Å². The van der Waals surface area contributed by atoms with Crippen LogP contribution in [0.15, 0.2) is 48.5 Å². The first kappa shape index (κ1) is 20.7. The zero-order chi connectivity index (χ0) is 21.8. The molecule has 0 radical (unpaired) electrons. The molecule has 4 rings (SSSR count). The van der Waals surface area contributed by atoms with Crippen molar-refractivity contribution in [1.29, 1.82) is 0 Å². The Bertz CT molecular complexity index is 978. The van der Waals surface area contributed by atoms with E-state index in [0.717, 1.165) is 28.8 Å². The van der Waals surface area contributed by atoms with E-state index in [4.69, 9.17) is 9.47 Å². The maximum absolute atomic E-state index is 12.5. The number of hydrogen-bond acceptors (Lipinski definition) is 5. The maximum atomic E-state index is 12.5. The highest BCUT2D eigenvalue weighted by Crippen LogP contribution is 2.26. The van der Waals surface area contributed by atoms with E-state index in [2.05, 4.69) is 5.32 Å². The van der Waals surface area contributed by atoms with E-state index in [-0.39, 0.29) is 25.2 Å². The summed E-state index contributed by atoms with van der Waals surface area (Å²) < 4.78 is 10.7. The highest BCUT2D eigenvalue weighted by molar-refractivity contribution is 5.90. The number of cyclic esters (lactones) is 1. The second-order valence-electron chi connectivity index (χ2n) is 7.66. The molecule has 2 aliphatic heterocycles. The Hall–Kier alpha value is -3.55. The Morgan fingerprint density at radius 2 is 1.84 bits per heavy atom. The molecule has 8 heteroatoms. The molecule has 2 aromatic carbocycles. The zero-order valence-electron chi connectivity index (χ0n) is 17.4. The van der Waals surface area contributed by atoms with E-state index in [1.54, 1.807) is 4.90 Å². The summed E-state index contributed by atoms with van der Waals surface area (Å²) >= 11 is 0. The van der Waals surface area contributed by atoms with E-state index >= 15 is 0 Å². The molecule has 2 aliphatic rings. The molecule has 162 valence electrons. The van der Waals surface area contributed by atoms with Crippen molar-refractivity contribution in [2.75, 3.05) is 24.5 Å². The van der Waals surface area contributed by atoms with Gasteiger partial charge in [0.15, 0.2) is 6.23 Å². The van der Waals surface area contributed by atoms with Crippen LogP contribution in [0.3, 0.4) is 0 Å². The van der Waals surface area contributed by atoms with Crippen molar-refractivity contribution in [3.05, 3.63) is 65.2 Å². The number of anilines is 1. The van der Waals surface area contributed by atoms with Crippen molar-refractivity contribution in [1.82, 2.24) is 10.2 Å². The number of ether oxygens (including phenoxy) is 2. The summed E-state index contributed by atoms with van der Waals surface area (Å²) in [5.41, 5.74) is 3.91. The van der Waals surface area contributed by atoms with Crippen molar-refractivity contribution in [2.24, 2.45) is 0 Å². The fourth-order valence-corrected chi connectivity index (χ4v) is 3.85. The first-order valence-corrected chi connectivity index (χ1v) is 10.3. The minimum atomic E-state index is -0.654. The summed E-state index contributed by atoms with van der Waals surface area (Å²) in [6, 6.07) is 15.4. The number of fused-ring (bicyclic) bond motifs is 1. The third-order valence-corrected chi connectivity index (χ3v) is 5.44. The molecular formula is C23H25N3O5. The van der Waals surface area contributed by atoms with Crippen LogP contribution in [0.25, 0.3) is 0 Å². The SMILES string of the molecule is CC(=O)NC1CN(c2ccc3c(c2)CCN(C(=O)OCc2ccccc2)CC3)C(=O)O1. The van der Waals surface area contributed by atoms with Crippen LogP contribution >= 0.6 is 0 Å². The van der Waals surface area contributed by atoms with Gasteiger partial charge in [0.25, 0.3) is 0 Å². The quantitative estimate of drug-likeness (QED) is 0.817. The van der Waals surface area contributed by atoms with Gasteiger partial charge in [-0.15, -0.1) is 0 Å². The fraction of sp³-hybridized carbons (Fsp3) is 0.348.